The van der Waals surface area contributed by atoms with Gasteiger partial charge in [0.05, 0.1) is 0 Å². The highest BCUT2D eigenvalue weighted by molar-refractivity contribution is 5.93. The molecule has 2 heterocycles. The number of likely N-dealkylation sites (tertiary alicyclic amines) is 1. The number of rotatable bonds is 5. The van der Waals surface area contributed by atoms with E-state index in [2.05, 4.69) is 5.16 Å². The summed E-state index contributed by atoms with van der Waals surface area (Å²) in [6.45, 7) is 0.636. The van der Waals surface area contributed by atoms with Crippen LogP contribution >= 0.6 is 0 Å². The highest BCUT2D eigenvalue weighted by atomic mass is 16.5. The normalized spacial score (nSPS) is 17.7. The van der Waals surface area contributed by atoms with E-state index in [9.17, 15) is 9.59 Å². The van der Waals surface area contributed by atoms with Crippen molar-refractivity contribution in [1.29, 1.82) is 0 Å². The topological polar surface area (TPSA) is 83.6 Å². The molecule has 1 atom stereocenters. The minimum atomic E-state index is -0.833. The highest BCUT2D eigenvalue weighted by Gasteiger charge is 2.29. The average Bonchev–Trinajstić information content (AvgIpc) is 3.10. The first-order valence-electron chi connectivity index (χ1n) is 8.20. The molecular formula is C18H20N2O4. The Morgan fingerprint density at radius 2 is 2.04 bits per heavy atom. The maximum Gasteiger partial charge on any atom is 0.303 e. The van der Waals surface area contributed by atoms with Crippen LogP contribution in [-0.2, 0) is 4.79 Å². The molecule has 0 spiro atoms. The Morgan fingerprint density at radius 1 is 1.25 bits per heavy atom. The van der Waals surface area contributed by atoms with Crippen molar-refractivity contribution in [3.63, 3.8) is 0 Å². The van der Waals surface area contributed by atoms with E-state index in [1.165, 1.54) is 0 Å². The van der Waals surface area contributed by atoms with Gasteiger partial charge >= 0.3 is 5.97 Å². The SMILES string of the molecule is O=C(O)CCC1CCCCN1C(=O)c1cc(-c2ccccc2)on1. The summed E-state index contributed by atoms with van der Waals surface area (Å²) >= 11 is 0. The predicted molar refractivity (Wildman–Crippen MR) is 87.5 cm³/mol. The van der Waals surface area contributed by atoms with Crippen LogP contribution in [0.2, 0.25) is 0 Å². The number of carbonyl (C=O) groups is 2. The molecule has 1 fully saturated rings. The predicted octanol–water partition coefficient (Wildman–Crippen LogP) is 3.20. The molecule has 1 N–H and O–H groups in total. The summed E-state index contributed by atoms with van der Waals surface area (Å²) in [5, 5.41) is 12.8. The lowest BCUT2D eigenvalue weighted by Gasteiger charge is -2.35. The van der Waals surface area contributed by atoms with Crippen LogP contribution in [0.4, 0.5) is 0 Å². The van der Waals surface area contributed by atoms with E-state index >= 15 is 0 Å². The van der Waals surface area contributed by atoms with E-state index in [0.717, 1.165) is 24.8 Å². The summed E-state index contributed by atoms with van der Waals surface area (Å²) in [5.41, 5.74) is 1.14. The van der Waals surface area contributed by atoms with Crippen molar-refractivity contribution >= 4 is 11.9 Å². The third-order valence-corrected chi connectivity index (χ3v) is 4.37. The standard InChI is InChI=1S/C18H20N2O4/c21-17(22)10-9-14-8-4-5-11-20(14)18(23)15-12-16(24-19-15)13-6-2-1-3-7-13/h1-3,6-7,12,14H,4-5,8-11H2,(H,21,22). The van der Waals surface area contributed by atoms with Gasteiger partial charge in [-0.1, -0.05) is 35.5 Å². The maximum absolute atomic E-state index is 12.8. The first-order valence-corrected chi connectivity index (χ1v) is 8.20. The molecule has 1 aromatic heterocycles. The summed E-state index contributed by atoms with van der Waals surface area (Å²) < 4.78 is 5.30. The fourth-order valence-electron chi connectivity index (χ4n) is 3.12. The largest absolute Gasteiger partial charge is 0.481 e. The molecular weight excluding hydrogens is 308 g/mol. The number of benzene rings is 1. The van der Waals surface area contributed by atoms with Crippen molar-refractivity contribution in [1.82, 2.24) is 10.1 Å². The van der Waals surface area contributed by atoms with Crippen LogP contribution in [0.25, 0.3) is 11.3 Å². The molecule has 1 unspecified atom stereocenters. The smallest absolute Gasteiger partial charge is 0.303 e. The number of carbonyl (C=O) groups excluding carboxylic acids is 1. The van der Waals surface area contributed by atoms with Gasteiger partial charge in [-0.05, 0) is 25.7 Å². The van der Waals surface area contributed by atoms with Crippen molar-refractivity contribution < 1.29 is 19.2 Å². The second-order valence-electron chi connectivity index (χ2n) is 6.02. The number of piperidine rings is 1. The van der Waals surface area contributed by atoms with Crippen LogP contribution in [0.1, 0.15) is 42.6 Å². The van der Waals surface area contributed by atoms with Crippen LogP contribution in [0.15, 0.2) is 40.9 Å². The quantitative estimate of drug-likeness (QED) is 0.911. The Labute approximate surface area is 140 Å². The summed E-state index contributed by atoms with van der Waals surface area (Å²) in [6, 6.07) is 11.1. The zero-order valence-electron chi connectivity index (χ0n) is 13.4. The van der Waals surface area contributed by atoms with Gasteiger partial charge in [0.1, 0.15) is 0 Å². The zero-order chi connectivity index (χ0) is 16.9. The van der Waals surface area contributed by atoms with Gasteiger partial charge in [-0.2, -0.15) is 0 Å². The molecule has 0 aliphatic carbocycles. The van der Waals surface area contributed by atoms with Crippen molar-refractivity contribution in [2.45, 2.75) is 38.1 Å². The fourth-order valence-corrected chi connectivity index (χ4v) is 3.12. The van der Waals surface area contributed by atoms with Gasteiger partial charge in [-0.3, -0.25) is 9.59 Å². The Hall–Kier alpha value is -2.63. The summed E-state index contributed by atoms with van der Waals surface area (Å²) in [4.78, 5) is 25.3. The van der Waals surface area contributed by atoms with Gasteiger partial charge in [0.15, 0.2) is 11.5 Å². The van der Waals surface area contributed by atoms with E-state index < -0.39 is 5.97 Å². The lowest BCUT2D eigenvalue weighted by atomic mass is 9.97. The Kier molecular flexibility index (Phi) is 4.93. The van der Waals surface area contributed by atoms with E-state index in [1.54, 1.807) is 11.0 Å². The minimum absolute atomic E-state index is 0.0424. The van der Waals surface area contributed by atoms with E-state index in [-0.39, 0.29) is 24.1 Å². The van der Waals surface area contributed by atoms with E-state index in [4.69, 9.17) is 9.63 Å². The lowest BCUT2D eigenvalue weighted by Crippen LogP contribution is -2.44. The Balaban J connectivity index is 1.74. The van der Waals surface area contributed by atoms with Crippen LogP contribution < -0.4 is 0 Å². The molecule has 6 heteroatoms. The lowest BCUT2D eigenvalue weighted by molar-refractivity contribution is -0.137. The third kappa shape index (κ3) is 3.64. The molecule has 1 aromatic carbocycles. The van der Waals surface area contributed by atoms with Gasteiger partial charge in [0.25, 0.3) is 5.91 Å². The van der Waals surface area contributed by atoms with Crippen LogP contribution in [0, 0.1) is 0 Å². The summed E-state index contributed by atoms with van der Waals surface area (Å²) in [7, 11) is 0. The van der Waals surface area contributed by atoms with Crippen molar-refractivity contribution in [3.8, 4) is 11.3 Å². The van der Waals surface area contributed by atoms with Gasteiger partial charge in [0, 0.05) is 30.6 Å². The Morgan fingerprint density at radius 3 is 2.79 bits per heavy atom. The molecule has 126 valence electrons. The van der Waals surface area contributed by atoms with Gasteiger partial charge in [-0.15, -0.1) is 0 Å². The molecule has 24 heavy (non-hydrogen) atoms. The van der Waals surface area contributed by atoms with Crippen molar-refractivity contribution in [3.05, 3.63) is 42.1 Å². The number of nitrogens with zero attached hydrogens (tertiary/aromatic N) is 2. The van der Waals surface area contributed by atoms with Crippen molar-refractivity contribution in [2.75, 3.05) is 6.54 Å². The molecule has 6 nitrogen and oxygen atoms in total. The number of aromatic nitrogens is 1. The summed E-state index contributed by atoms with van der Waals surface area (Å²) in [5.74, 6) is -0.463. The second kappa shape index (κ2) is 7.29. The molecule has 3 rings (SSSR count). The second-order valence-corrected chi connectivity index (χ2v) is 6.02. The molecule has 0 radical (unpaired) electrons. The number of amides is 1. The minimum Gasteiger partial charge on any atom is -0.481 e. The number of hydrogen-bond acceptors (Lipinski definition) is 4. The molecule has 1 aliphatic heterocycles. The monoisotopic (exact) mass is 328 g/mol. The average molecular weight is 328 g/mol. The van der Waals surface area contributed by atoms with Gasteiger partial charge in [-0.25, -0.2) is 0 Å². The molecule has 0 bridgehead atoms. The fraction of sp³-hybridized carbons (Fsp3) is 0.389. The molecule has 1 saturated heterocycles. The number of carboxylic acids is 1. The first-order chi connectivity index (χ1) is 11.6. The van der Waals surface area contributed by atoms with Crippen LogP contribution in [-0.4, -0.2) is 39.6 Å². The number of aliphatic carboxylic acids is 1. The number of carboxylic acid groups (broad SMARTS) is 1. The van der Waals surface area contributed by atoms with Gasteiger partial charge < -0.3 is 14.5 Å². The van der Waals surface area contributed by atoms with Crippen LogP contribution in [0.5, 0.6) is 0 Å². The maximum atomic E-state index is 12.8. The number of hydrogen-bond donors (Lipinski definition) is 1. The molecule has 0 saturated carbocycles. The first kappa shape index (κ1) is 16.2. The highest BCUT2D eigenvalue weighted by Crippen LogP contribution is 2.25. The zero-order valence-corrected chi connectivity index (χ0v) is 13.4. The van der Waals surface area contributed by atoms with E-state index in [1.807, 2.05) is 30.3 Å². The van der Waals surface area contributed by atoms with Crippen molar-refractivity contribution in [2.24, 2.45) is 0 Å². The third-order valence-electron chi connectivity index (χ3n) is 4.37. The molecule has 1 aliphatic rings. The van der Waals surface area contributed by atoms with E-state index in [0.29, 0.717) is 18.7 Å². The molecule has 2 aromatic rings. The molecule has 1 amide bonds. The Bertz CT molecular complexity index is 711. The van der Waals surface area contributed by atoms with Gasteiger partial charge in [0.2, 0.25) is 0 Å². The summed E-state index contributed by atoms with van der Waals surface area (Å²) in [6.07, 6.45) is 3.33. The van der Waals surface area contributed by atoms with Crippen LogP contribution in [0.3, 0.4) is 0 Å².